The van der Waals surface area contributed by atoms with E-state index in [-0.39, 0.29) is 0 Å². The molecule has 8 heteroatoms. The first-order chi connectivity index (χ1) is 49.5. The summed E-state index contributed by atoms with van der Waals surface area (Å²) in [6.07, 6.45) is 0. The van der Waals surface area contributed by atoms with Crippen molar-refractivity contribution in [3.63, 3.8) is 0 Å². The van der Waals surface area contributed by atoms with Gasteiger partial charge in [-0.25, -0.2) is 0 Å². The molecule has 21 aromatic rings. The van der Waals surface area contributed by atoms with Gasteiger partial charge in [-0.05, 0) is 208 Å². The van der Waals surface area contributed by atoms with E-state index in [9.17, 15) is 10.5 Å². The normalized spacial score (nSPS) is 12.0. The molecule has 0 bridgehead atoms. The van der Waals surface area contributed by atoms with Gasteiger partial charge in [0.2, 0.25) is 0 Å². The summed E-state index contributed by atoms with van der Waals surface area (Å²) in [7, 11) is 0. The van der Waals surface area contributed by atoms with Crippen LogP contribution in [0.1, 0.15) is 11.1 Å². The van der Waals surface area contributed by atoms with Crippen LogP contribution in [0.4, 0.5) is 0 Å². The maximum Gasteiger partial charge on any atom is 0.101 e. The Morgan fingerprint density at radius 2 is 0.580 bits per heavy atom. The van der Waals surface area contributed by atoms with Crippen LogP contribution in [0.25, 0.3) is 195 Å². The molecule has 6 aromatic heterocycles. The van der Waals surface area contributed by atoms with Gasteiger partial charge in [0, 0.05) is 91.1 Å². The fraction of sp³-hybridized carbons (Fsp3) is 0. The highest BCUT2D eigenvalue weighted by Crippen LogP contribution is 2.46. The molecular formula is C92H52N6S2. The van der Waals surface area contributed by atoms with Crippen molar-refractivity contribution < 1.29 is 0 Å². The van der Waals surface area contributed by atoms with Crippen LogP contribution in [0.15, 0.2) is 315 Å². The zero-order valence-corrected chi connectivity index (χ0v) is 55.2. The van der Waals surface area contributed by atoms with E-state index in [1.54, 1.807) is 11.3 Å². The summed E-state index contributed by atoms with van der Waals surface area (Å²) in [6.45, 7) is 0. The first-order valence-corrected chi connectivity index (χ1v) is 35.3. The van der Waals surface area contributed by atoms with Gasteiger partial charge in [0.15, 0.2) is 0 Å². The Kier molecular flexibility index (Phi) is 12.2. The van der Waals surface area contributed by atoms with Crippen molar-refractivity contribution in [3.8, 4) is 79.4 Å². The molecule has 0 fully saturated rings. The zero-order valence-electron chi connectivity index (χ0n) is 53.5. The Morgan fingerprint density at radius 1 is 0.220 bits per heavy atom. The summed E-state index contributed by atoms with van der Waals surface area (Å²) >= 11 is 3.55. The number of hydrogen-bond donors (Lipinski definition) is 0. The van der Waals surface area contributed by atoms with E-state index < -0.39 is 0 Å². The summed E-state index contributed by atoms with van der Waals surface area (Å²) in [4.78, 5) is 0. The molecule has 462 valence electrons. The molecular weight excluding hydrogens is 1250 g/mol. The van der Waals surface area contributed by atoms with Crippen molar-refractivity contribution in [1.29, 1.82) is 10.5 Å². The Bertz CT molecular complexity index is 7180. The minimum absolute atomic E-state index is 0.634. The fourth-order valence-corrected chi connectivity index (χ4v) is 18.6. The highest BCUT2D eigenvalue weighted by molar-refractivity contribution is 7.26. The summed E-state index contributed by atoms with van der Waals surface area (Å²) in [5.74, 6) is 0. The van der Waals surface area contributed by atoms with Crippen molar-refractivity contribution in [2.45, 2.75) is 0 Å². The summed E-state index contributed by atoms with van der Waals surface area (Å²) in [5, 5.41) is 34.2. The number of benzene rings is 15. The molecule has 0 unspecified atom stereocenters. The van der Waals surface area contributed by atoms with E-state index in [0.717, 1.165) is 116 Å². The number of hydrogen-bond acceptors (Lipinski definition) is 4. The zero-order chi connectivity index (χ0) is 65.8. The van der Waals surface area contributed by atoms with Gasteiger partial charge in [-0.1, -0.05) is 152 Å². The van der Waals surface area contributed by atoms with Crippen LogP contribution >= 0.6 is 22.7 Å². The van der Waals surface area contributed by atoms with Crippen LogP contribution in [0, 0.1) is 22.7 Å². The molecule has 21 rings (SSSR count). The molecule has 0 spiro atoms. The average molecular weight is 1310 g/mol. The molecule has 0 saturated heterocycles. The summed E-state index contributed by atoms with van der Waals surface area (Å²) in [6, 6.07) is 120. The van der Waals surface area contributed by atoms with Crippen LogP contribution in [0.3, 0.4) is 0 Å². The van der Waals surface area contributed by atoms with Gasteiger partial charge in [-0.2, -0.15) is 10.5 Å². The minimum atomic E-state index is 0.634. The standard InChI is InChI=1S/C92H52N6S2/c93-53-55-27-36-66(37-28-55)96-85-40-31-60(58-29-38-83-73(46-58)68-18-4-7-23-80(68)95(83)65-15-2-1-3-16-65)49-76(85)77-50-61(32-41-86(77)96)63-35-44-90-79(52-63)78-51-62(34-43-89(78)99-90)56-13-10-17-67(45-56)97-81-24-8-5-19-69(81)74-47-57(30-39-84(74)97)59-33-42-87-75(48-59)70-20-6-9-25-82(70)98(87)88-26-12-22-72-71-21-11-14-64(54-94)91(71)100-92(72)88/h1-52H. The lowest BCUT2D eigenvalue weighted by atomic mass is 9.98. The van der Waals surface area contributed by atoms with Crippen molar-refractivity contribution >= 4 is 150 Å². The lowest BCUT2D eigenvalue weighted by Crippen LogP contribution is -1.94. The third kappa shape index (κ3) is 8.39. The second-order valence-corrected chi connectivity index (χ2v) is 28.3. The molecule has 0 N–H and O–H groups in total. The Hall–Kier alpha value is -13.1. The predicted molar refractivity (Wildman–Crippen MR) is 421 cm³/mol. The lowest BCUT2D eigenvalue weighted by molar-refractivity contribution is 1.18. The van der Waals surface area contributed by atoms with E-state index in [1.807, 2.05) is 35.6 Å². The topological polar surface area (TPSA) is 67.3 Å². The van der Waals surface area contributed by atoms with Crippen LogP contribution in [-0.2, 0) is 0 Å². The summed E-state index contributed by atoms with van der Waals surface area (Å²) in [5.41, 5.74) is 24.2. The van der Waals surface area contributed by atoms with Crippen LogP contribution < -0.4 is 0 Å². The number of rotatable bonds is 8. The van der Waals surface area contributed by atoms with Crippen LogP contribution in [0.5, 0.6) is 0 Å². The van der Waals surface area contributed by atoms with Gasteiger partial charge in [0.25, 0.3) is 0 Å². The number of aromatic nitrogens is 4. The number of fused-ring (bicyclic) bond motifs is 18. The van der Waals surface area contributed by atoms with Crippen molar-refractivity contribution in [2.75, 3.05) is 0 Å². The first-order valence-electron chi connectivity index (χ1n) is 33.6. The maximum atomic E-state index is 10.1. The summed E-state index contributed by atoms with van der Waals surface area (Å²) < 4.78 is 14.3. The molecule has 0 saturated carbocycles. The molecule has 0 radical (unpaired) electrons. The second kappa shape index (κ2) is 21.7. The van der Waals surface area contributed by atoms with Gasteiger partial charge in [-0.3, -0.25) is 0 Å². The molecule has 0 aliphatic carbocycles. The van der Waals surface area contributed by atoms with Crippen molar-refractivity contribution in [2.24, 2.45) is 0 Å². The quantitative estimate of drug-likeness (QED) is 0.152. The Balaban J connectivity index is 0.640. The molecule has 0 atom stereocenters. The van der Waals surface area contributed by atoms with Gasteiger partial charge >= 0.3 is 0 Å². The SMILES string of the molecule is N#Cc1ccc(-n2c3ccc(-c4ccc5sc6ccc(-c7cccc(-n8c9ccccc9c9cc(-c%10ccc%11c(c%10)c%10ccccc%10n%11-c%10cccc%11c%10sc%10c(C#N)cccc%10%11)ccc98)c7)cc6c5c4)cc3c3cc(-c4ccc5c(c4)c4ccccc4n5-c4ccccc4)ccc32)cc1. The highest BCUT2D eigenvalue weighted by Gasteiger charge is 2.22. The number of para-hydroxylation sites is 4. The third-order valence-corrected chi connectivity index (χ3v) is 23.3. The monoisotopic (exact) mass is 1300 g/mol. The van der Waals surface area contributed by atoms with E-state index in [0.29, 0.717) is 11.1 Å². The van der Waals surface area contributed by atoms with E-state index in [1.165, 1.54) is 79.2 Å². The van der Waals surface area contributed by atoms with Gasteiger partial charge in [-0.15, -0.1) is 22.7 Å². The number of nitriles is 2. The Morgan fingerprint density at radius 3 is 1.08 bits per heavy atom. The highest BCUT2D eigenvalue weighted by atomic mass is 32.1. The van der Waals surface area contributed by atoms with Gasteiger partial charge in [0.05, 0.1) is 76.4 Å². The second-order valence-electron chi connectivity index (χ2n) is 26.2. The molecule has 0 aliphatic rings. The van der Waals surface area contributed by atoms with E-state index in [2.05, 4.69) is 322 Å². The molecule has 6 heterocycles. The van der Waals surface area contributed by atoms with Crippen molar-refractivity contribution in [3.05, 3.63) is 327 Å². The minimum Gasteiger partial charge on any atom is -0.309 e. The van der Waals surface area contributed by atoms with E-state index >= 15 is 0 Å². The number of thiophene rings is 2. The van der Waals surface area contributed by atoms with E-state index in [4.69, 9.17) is 0 Å². The molecule has 15 aromatic carbocycles. The smallest absolute Gasteiger partial charge is 0.101 e. The van der Waals surface area contributed by atoms with Gasteiger partial charge < -0.3 is 18.3 Å². The fourth-order valence-electron chi connectivity index (χ4n) is 16.2. The molecule has 0 amide bonds. The van der Waals surface area contributed by atoms with Crippen LogP contribution in [0.2, 0.25) is 0 Å². The third-order valence-electron chi connectivity index (χ3n) is 20.8. The van der Waals surface area contributed by atoms with Crippen LogP contribution in [-0.4, -0.2) is 18.3 Å². The molecule has 0 aliphatic heterocycles. The van der Waals surface area contributed by atoms with Gasteiger partial charge in [0.1, 0.15) is 6.07 Å². The maximum absolute atomic E-state index is 10.1. The molecule has 100 heavy (non-hydrogen) atoms. The average Bonchev–Trinajstić information content (AvgIpc) is 1.59. The Labute approximate surface area is 581 Å². The lowest BCUT2D eigenvalue weighted by Gasteiger charge is -2.11. The predicted octanol–water partition coefficient (Wildman–Crippen LogP) is 25.2. The largest absolute Gasteiger partial charge is 0.309 e. The van der Waals surface area contributed by atoms with Crippen molar-refractivity contribution in [1.82, 2.24) is 18.3 Å². The first kappa shape index (κ1) is 56.1. The molecule has 6 nitrogen and oxygen atoms in total. The number of nitrogens with zero attached hydrogens (tertiary/aromatic N) is 6.